The zero-order valence-electron chi connectivity index (χ0n) is 8.09. The van der Waals surface area contributed by atoms with Crippen molar-refractivity contribution in [2.24, 2.45) is 0 Å². The molecule has 70 valence electrons. The van der Waals surface area contributed by atoms with E-state index < -0.39 is 0 Å². The van der Waals surface area contributed by atoms with Crippen molar-refractivity contribution in [1.29, 1.82) is 0 Å². The Hall–Kier alpha value is -0.890. The lowest BCUT2D eigenvalue weighted by atomic mass is 9.87. The summed E-state index contributed by atoms with van der Waals surface area (Å²) >= 11 is 0. The Morgan fingerprint density at radius 2 is 2.31 bits per heavy atom. The number of rotatable bonds is 1. The van der Waals surface area contributed by atoms with Gasteiger partial charge in [0.2, 0.25) is 0 Å². The van der Waals surface area contributed by atoms with Crippen molar-refractivity contribution in [3.63, 3.8) is 0 Å². The van der Waals surface area contributed by atoms with Gasteiger partial charge in [-0.05, 0) is 44.9 Å². The second kappa shape index (κ2) is 3.46. The highest BCUT2D eigenvalue weighted by Crippen LogP contribution is 2.27. The summed E-state index contributed by atoms with van der Waals surface area (Å²) in [4.78, 5) is 4.41. The summed E-state index contributed by atoms with van der Waals surface area (Å²) in [6.45, 7) is 3.36. The number of nitrogens with one attached hydrogen (secondary N) is 1. The number of piperidine rings is 1. The maximum Gasteiger partial charge on any atom is 0.0601 e. The van der Waals surface area contributed by atoms with Gasteiger partial charge in [0.15, 0.2) is 0 Å². The molecule has 0 bridgehead atoms. The second-order valence-corrected chi connectivity index (χ2v) is 3.93. The van der Waals surface area contributed by atoms with Crippen molar-refractivity contribution in [3.8, 4) is 0 Å². The molecule has 0 aliphatic carbocycles. The molecule has 13 heavy (non-hydrogen) atoms. The topological polar surface area (TPSA) is 24.9 Å². The van der Waals surface area contributed by atoms with Gasteiger partial charge in [0, 0.05) is 6.20 Å². The smallest absolute Gasteiger partial charge is 0.0601 e. The molecule has 0 saturated carbocycles. The first-order valence-electron chi connectivity index (χ1n) is 4.98. The standard InChI is InChI=1S/C11H16N2/c1-11(7-3-5-9-13-11)10-6-2-4-8-12-10/h2,4,6,8,13H,3,5,7,9H2,1H3. The molecule has 1 aliphatic rings. The van der Waals surface area contributed by atoms with Crippen molar-refractivity contribution in [3.05, 3.63) is 30.1 Å². The van der Waals surface area contributed by atoms with Crippen LogP contribution in [0.3, 0.4) is 0 Å². The minimum atomic E-state index is 0.111. The van der Waals surface area contributed by atoms with Crippen LogP contribution in [0.1, 0.15) is 31.9 Å². The third kappa shape index (κ3) is 1.73. The van der Waals surface area contributed by atoms with Crippen LogP contribution in [0.4, 0.5) is 0 Å². The van der Waals surface area contributed by atoms with E-state index in [1.165, 1.54) is 25.0 Å². The van der Waals surface area contributed by atoms with E-state index in [9.17, 15) is 0 Å². The van der Waals surface area contributed by atoms with Crippen molar-refractivity contribution >= 4 is 0 Å². The van der Waals surface area contributed by atoms with Gasteiger partial charge in [-0.1, -0.05) is 6.07 Å². The maximum atomic E-state index is 4.41. The zero-order valence-corrected chi connectivity index (χ0v) is 8.09. The van der Waals surface area contributed by atoms with E-state index in [1.807, 2.05) is 12.3 Å². The average molecular weight is 176 g/mol. The van der Waals surface area contributed by atoms with E-state index in [1.54, 1.807) is 0 Å². The number of hydrogen-bond acceptors (Lipinski definition) is 2. The third-order valence-electron chi connectivity index (χ3n) is 2.85. The summed E-state index contributed by atoms with van der Waals surface area (Å²) in [5.41, 5.74) is 1.29. The summed E-state index contributed by atoms with van der Waals surface area (Å²) in [5.74, 6) is 0. The largest absolute Gasteiger partial charge is 0.306 e. The van der Waals surface area contributed by atoms with Gasteiger partial charge in [-0.2, -0.15) is 0 Å². The molecule has 2 heterocycles. The molecule has 1 fully saturated rings. The van der Waals surface area contributed by atoms with Crippen LogP contribution < -0.4 is 5.32 Å². The van der Waals surface area contributed by atoms with E-state index in [0.29, 0.717) is 0 Å². The lowest BCUT2D eigenvalue weighted by molar-refractivity contribution is 0.276. The van der Waals surface area contributed by atoms with Gasteiger partial charge >= 0.3 is 0 Å². The van der Waals surface area contributed by atoms with E-state index in [-0.39, 0.29) is 5.54 Å². The van der Waals surface area contributed by atoms with Crippen LogP contribution in [0.2, 0.25) is 0 Å². The number of aromatic nitrogens is 1. The normalized spacial score (nSPS) is 28.7. The Morgan fingerprint density at radius 1 is 1.38 bits per heavy atom. The predicted molar refractivity (Wildman–Crippen MR) is 53.4 cm³/mol. The highest BCUT2D eigenvalue weighted by molar-refractivity contribution is 5.15. The summed E-state index contributed by atoms with van der Waals surface area (Å²) in [6, 6.07) is 6.14. The quantitative estimate of drug-likeness (QED) is 0.708. The molecule has 0 aromatic carbocycles. The SMILES string of the molecule is CC1(c2ccccn2)CCCCN1. The highest BCUT2D eigenvalue weighted by atomic mass is 15.0. The van der Waals surface area contributed by atoms with E-state index in [2.05, 4.69) is 29.4 Å². The highest BCUT2D eigenvalue weighted by Gasteiger charge is 2.28. The van der Waals surface area contributed by atoms with Gasteiger partial charge in [-0.15, -0.1) is 0 Å². The van der Waals surface area contributed by atoms with Crippen molar-refractivity contribution in [2.75, 3.05) is 6.54 Å². The van der Waals surface area contributed by atoms with Crippen molar-refractivity contribution < 1.29 is 0 Å². The summed E-state index contributed by atoms with van der Waals surface area (Å²) in [7, 11) is 0. The van der Waals surface area contributed by atoms with Crippen LogP contribution in [0, 0.1) is 0 Å². The molecule has 1 unspecified atom stereocenters. The van der Waals surface area contributed by atoms with Crippen LogP contribution in [-0.2, 0) is 5.54 Å². The Balaban J connectivity index is 2.23. The maximum absolute atomic E-state index is 4.41. The molecule has 1 aromatic heterocycles. The molecule has 0 spiro atoms. The summed E-state index contributed by atoms with van der Waals surface area (Å²) in [6.07, 6.45) is 5.67. The van der Waals surface area contributed by atoms with Crippen molar-refractivity contribution in [1.82, 2.24) is 10.3 Å². The molecule has 2 nitrogen and oxygen atoms in total. The Morgan fingerprint density at radius 3 is 2.92 bits per heavy atom. The van der Waals surface area contributed by atoms with Gasteiger partial charge < -0.3 is 5.32 Å². The number of hydrogen-bond donors (Lipinski definition) is 1. The lowest BCUT2D eigenvalue weighted by Crippen LogP contribution is -2.43. The van der Waals surface area contributed by atoms with E-state index in [0.717, 1.165) is 6.54 Å². The monoisotopic (exact) mass is 176 g/mol. The van der Waals surface area contributed by atoms with Gasteiger partial charge in [-0.3, -0.25) is 4.98 Å². The fraction of sp³-hybridized carbons (Fsp3) is 0.545. The Labute approximate surface area is 79.4 Å². The minimum Gasteiger partial charge on any atom is -0.306 e. The summed E-state index contributed by atoms with van der Waals surface area (Å²) < 4.78 is 0. The number of pyridine rings is 1. The Kier molecular flexibility index (Phi) is 2.32. The average Bonchev–Trinajstić information content (AvgIpc) is 2.20. The molecule has 1 atom stereocenters. The molecular formula is C11H16N2. The Bertz CT molecular complexity index is 263. The molecule has 0 radical (unpaired) electrons. The molecule has 1 N–H and O–H groups in total. The third-order valence-corrected chi connectivity index (χ3v) is 2.85. The van der Waals surface area contributed by atoms with Crippen LogP contribution in [-0.4, -0.2) is 11.5 Å². The molecule has 1 aliphatic heterocycles. The van der Waals surface area contributed by atoms with Crippen LogP contribution in [0.5, 0.6) is 0 Å². The van der Waals surface area contributed by atoms with Gasteiger partial charge in [0.25, 0.3) is 0 Å². The fourth-order valence-electron chi connectivity index (χ4n) is 1.96. The minimum absolute atomic E-state index is 0.111. The van der Waals surface area contributed by atoms with Crippen molar-refractivity contribution in [2.45, 2.75) is 31.7 Å². The number of nitrogens with zero attached hydrogens (tertiary/aromatic N) is 1. The molecule has 2 rings (SSSR count). The first kappa shape index (κ1) is 8.70. The lowest BCUT2D eigenvalue weighted by Gasteiger charge is -2.34. The zero-order chi connectivity index (χ0) is 9.15. The van der Waals surface area contributed by atoms with E-state index in [4.69, 9.17) is 0 Å². The van der Waals surface area contributed by atoms with Crippen LogP contribution in [0.15, 0.2) is 24.4 Å². The molecule has 0 amide bonds. The van der Waals surface area contributed by atoms with E-state index >= 15 is 0 Å². The molecule has 2 heteroatoms. The molecule has 1 aromatic rings. The van der Waals surface area contributed by atoms with Gasteiger partial charge in [0.05, 0.1) is 11.2 Å². The van der Waals surface area contributed by atoms with Gasteiger partial charge in [-0.25, -0.2) is 0 Å². The van der Waals surface area contributed by atoms with Crippen LogP contribution >= 0.6 is 0 Å². The van der Waals surface area contributed by atoms with Crippen LogP contribution in [0.25, 0.3) is 0 Å². The summed E-state index contributed by atoms with van der Waals surface area (Å²) in [5, 5.41) is 3.55. The first-order chi connectivity index (χ1) is 6.31. The van der Waals surface area contributed by atoms with Gasteiger partial charge in [0.1, 0.15) is 0 Å². The molecular weight excluding hydrogens is 160 g/mol. The second-order valence-electron chi connectivity index (χ2n) is 3.93. The fourth-order valence-corrected chi connectivity index (χ4v) is 1.96. The first-order valence-corrected chi connectivity index (χ1v) is 4.98. The molecule has 1 saturated heterocycles. The predicted octanol–water partition coefficient (Wildman–Crippen LogP) is 2.07.